The fourth-order valence-corrected chi connectivity index (χ4v) is 0.235. The molecule has 0 heterocycles. The Kier molecular flexibility index (Phi) is 4.30. The highest BCUT2D eigenvalue weighted by molar-refractivity contribution is 6.13. The number of nitrogens with zero attached hydrogens (tertiary/aromatic N) is 1. The fraction of sp³-hybridized carbons (Fsp3) is 0.400. The van der Waals surface area contributed by atoms with Crippen LogP contribution >= 0.6 is 0 Å². The van der Waals surface area contributed by atoms with E-state index in [-0.39, 0.29) is 6.54 Å². The molecule has 0 aliphatic rings. The van der Waals surface area contributed by atoms with Crippen LogP contribution in [0.15, 0.2) is 4.99 Å². The summed E-state index contributed by atoms with van der Waals surface area (Å²) in [7, 11) is 1.26. The molecular formula is C5H7NO3. The number of esters is 1. The van der Waals surface area contributed by atoms with Crippen LogP contribution in [0.2, 0.25) is 0 Å². The molecule has 0 rings (SSSR count). The molecule has 0 saturated heterocycles. The molecular weight excluding hydrogens is 122 g/mol. The number of hydrogen-bond donors (Lipinski definition) is 0. The highest BCUT2D eigenvalue weighted by Gasteiger charge is 1.92. The van der Waals surface area contributed by atoms with Crippen LogP contribution in [-0.2, 0) is 14.3 Å². The summed E-state index contributed by atoms with van der Waals surface area (Å²) < 4.78 is 4.23. The van der Waals surface area contributed by atoms with Crippen molar-refractivity contribution in [1.29, 1.82) is 0 Å². The number of carbonyl (C=O) groups is 2. The Bertz CT molecular complexity index is 130. The average Bonchev–Trinajstić information content (AvgIpc) is 1.89. The average molecular weight is 129 g/mol. The molecule has 0 amide bonds. The van der Waals surface area contributed by atoms with Crippen LogP contribution in [-0.4, -0.2) is 32.1 Å². The zero-order valence-electron chi connectivity index (χ0n) is 5.03. The predicted molar refractivity (Wildman–Crippen MR) is 31.4 cm³/mol. The minimum atomic E-state index is -0.451. The first-order chi connectivity index (χ1) is 4.31. The summed E-state index contributed by atoms with van der Waals surface area (Å²) in [5, 5.41) is 0. The summed E-state index contributed by atoms with van der Waals surface area (Å²) >= 11 is 0. The van der Waals surface area contributed by atoms with Crippen LogP contribution in [0.4, 0.5) is 0 Å². The van der Waals surface area contributed by atoms with E-state index in [0.717, 1.165) is 6.21 Å². The second-order valence-corrected chi connectivity index (χ2v) is 1.20. The van der Waals surface area contributed by atoms with Gasteiger partial charge >= 0.3 is 5.97 Å². The van der Waals surface area contributed by atoms with Gasteiger partial charge in [-0.2, -0.15) is 0 Å². The van der Waals surface area contributed by atoms with Gasteiger partial charge in [-0.1, -0.05) is 0 Å². The molecule has 0 N–H and O–H groups in total. The highest BCUT2D eigenvalue weighted by atomic mass is 16.5. The van der Waals surface area contributed by atoms with Crippen molar-refractivity contribution in [3.63, 3.8) is 0 Å². The largest absolute Gasteiger partial charge is 0.468 e. The molecule has 4 heteroatoms. The van der Waals surface area contributed by atoms with Gasteiger partial charge in [-0.05, 0) is 0 Å². The van der Waals surface area contributed by atoms with Crippen molar-refractivity contribution < 1.29 is 14.3 Å². The number of hydrogen-bond acceptors (Lipinski definition) is 4. The first-order valence-electron chi connectivity index (χ1n) is 2.31. The smallest absolute Gasteiger partial charge is 0.327 e. The maximum absolute atomic E-state index is 10.2. The third-order valence-electron chi connectivity index (χ3n) is 0.614. The molecule has 0 aromatic heterocycles. The first-order valence-corrected chi connectivity index (χ1v) is 2.31. The van der Waals surface area contributed by atoms with Gasteiger partial charge in [-0.3, -0.25) is 14.6 Å². The molecule has 0 atom stereocenters. The summed E-state index contributed by atoms with van der Waals surface area (Å²) in [6, 6.07) is 0. The maximum Gasteiger partial charge on any atom is 0.327 e. The Morgan fingerprint density at radius 2 is 2.44 bits per heavy atom. The molecule has 0 aliphatic carbocycles. The number of ether oxygens (including phenoxy) is 1. The summed E-state index contributed by atoms with van der Waals surface area (Å²) in [6.45, 7) is -0.0881. The number of carbonyl (C=O) groups excluding carboxylic acids is 2. The Labute approximate surface area is 52.5 Å². The summed E-state index contributed by atoms with van der Waals surface area (Å²) in [4.78, 5) is 23.2. The van der Waals surface area contributed by atoms with Crippen molar-refractivity contribution in [1.82, 2.24) is 0 Å². The van der Waals surface area contributed by atoms with E-state index in [9.17, 15) is 9.59 Å². The van der Waals surface area contributed by atoms with Gasteiger partial charge in [0.1, 0.15) is 6.54 Å². The van der Waals surface area contributed by atoms with Gasteiger partial charge in [0.15, 0.2) is 6.29 Å². The molecule has 0 aromatic carbocycles. The quantitative estimate of drug-likeness (QED) is 0.291. The second-order valence-electron chi connectivity index (χ2n) is 1.20. The Balaban J connectivity index is 3.37. The molecule has 4 nitrogen and oxygen atoms in total. The number of methoxy groups -OCH3 is 1. The van der Waals surface area contributed by atoms with Gasteiger partial charge in [-0.25, -0.2) is 0 Å². The van der Waals surface area contributed by atoms with E-state index in [1.54, 1.807) is 0 Å². The third kappa shape index (κ3) is 4.67. The number of rotatable bonds is 3. The van der Waals surface area contributed by atoms with Crippen LogP contribution in [0.5, 0.6) is 0 Å². The Morgan fingerprint density at radius 1 is 1.78 bits per heavy atom. The van der Waals surface area contributed by atoms with Gasteiger partial charge in [0, 0.05) is 0 Å². The lowest BCUT2D eigenvalue weighted by Crippen LogP contribution is -2.04. The zero-order chi connectivity index (χ0) is 7.11. The molecule has 0 radical (unpaired) electrons. The summed E-state index contributed by atoms with van der Waals surface area (Å²) in [5.74, 6) is -0.451. The van der Waals surface area contributed by atoms with E-state index in [2.05, 4.69) is 9.73 Å². The monoisotopic (exact) mass is 129 g/mol. The lowest BCUT2D eigenvalue weighted by molar-refractivity contribution is -0.138. The molecule has 0 aliphatic heterocycles. The van der Waals surface area contributed by atoms with E-state index < -0.39 is 5.97 Å². The molecule has 0 aromatic rings. The van der Waals surface area contributed by atoms with E-state index in [4.69, 9.17) is 0 Å². The predicted octanol–water partition coefficient (Wildman–Crippen LogP) is -0.571. The fourth-order valence-electron chi connectivity index (χ4n) is 0.235. The second kappa shape index (κ2) is 4.96. The van der Waals surface area contributed by atoms with Gasteiger partial charge in [0.2, 0.25) is 0 Å². The van der Waals surface area contributed by atoms with Gasteiger partial charge in [0.25, 0.3) is 0 Å². The summed E-state index contributed by atoms with van der Waals surface area (Å²) in [5.41, 5.74) is 0. The van der Waals surface area contributed by atoms with Gasteiger partial charge in [-0.15, -0.1) is 0 Å². The highest BCUT2D eigenvalue weighted by Crippen LogP contribution is 1.72. The normalized spacial score (nSPS) is 9.44. The lowest BCUT2D eigenvalue weighted by Gasteiger charge is -1.89. The van der Waals surface area contributed by atoms with Crippen LogP contribution in [0, 0.1) is 0 Å². The maximum atomic E-state index is 10.2. The van der Waals surface area contributed by atoms with E-state index in [1.807, 2.05) is 0 Å². The van der Waals surface area contributed by atoms with Crippen LogP contribution in [0.1, 0.15) is 0 Å². The zero-order valence-corrected chi connectivity index (χ0v) is 5.03. The third-order valence-corrected chi connectivity index (χ3v) is 0.614. The van der Waals surface area contributed by atoms with Crippen LogP contribution in [0.3, 0.4) is 0 Å². The standard InChI is InChI=1S/C5H7NO3/c1-9-5(8)4-6-2-3-7/h2-3H,4H2,1H3. The van der Waals surface area contributed by atoms with Crippen LogP contribution in [0.25, 0.3) is 0 Å². The van der Waals surface area contributed by atoms with Crippen molar-refractivity contribution in [2.75, 3.05) is 13.7 Å². The van der Waals surface area contributed by atoms with E-state index in [0.29, 0.717) is 6.29 Å². The van der Waals surface area contributed by atoms with Gasteiger partial charge in [0.05, 0.1) is 13.3 Å². The molecule has 0 spiro atoms. The van der Waals surface area contributed by atoms with E-state index in [1.165, 1.54) is 7.11 Å². The number of aliphatic imine (C=N–C) groups is 1. The molecule has 0 bridgehead atoms. The Hall–Kier alpha value is -1.19. The molecule has 50 valence electrons. The first kappa shape index (κ1) is 7.81. The van der Waals surface area contributed by atoms with Crippen molar-refractivity contribution >= 4 is 18.5 Å². The van der Waals surface area contributed by atoms with Crippen molar-refractivity contribution in [3.8, 4) is 0 Å². The van der Waals surface area contributed by atoms with Crippen molar-refractivity contribution in [2.24, 2.45) is 4.99 Å². The molecule has 0 saturated carbocycles. The molecule has 0 unspecified atom stereocenters. The minimum Gasteiger partial charge on any atom is -0.468 e. The summed E-state index contributed by atoms with van der Waals surface area (Å²) in [6.07, 6.45) is 1.51. The van der Waals surface area contributed by atoms with Crippen molar-refractivity contribution in [2.45, 2.75) is 0 Å². The minimum absolute atomic E-state index is 0.0881. The SMILES string of the molecule is COC(=O)CN=CC=O. The van der Waals surface area contributed by atoms with E-state index >= 15 is 0 Å². The molecule has 0 fully saturated rings. The topological polar surface area (TPSA) is 55.7 Å². The lowest BCUT2D eigenvalue weighted by atomic mass is 10.7. The number of aldehydes is 1. The Morgan fingerprint density at radius 3 is 2.89 bits per heavy atom. The van der Waals surface area contributed by atoms with Gasteiger partial charge < -0.3 is 4.74 Å². The molecule has 9 heavy (non-hydrogen) atoms. The van der Waals surface area contributed by atoms with Crippen molar-refractivity contribution in [3.05, 3.63) is 0 Å². The van der Waals surface area contributed by atoms with Crippen LogP contribution < -0.4 is 0 Å².